The smallest absolute Gasteiger partial charge is 0.157 e. The van der Waals surface area contributed by atoms with Crippen LogP contribution in [0.5, 0.6) is 0 Å². The normalized spacial score (nSPS) is 16.0. The van der Waals surface area contributed by atoms with Crippen molar-refractivity contribution in [3.05, 3.63) is 53.9 Å². The van der Waals surface area contributed by atoms with Crippen LogP contribution < -0.4 is 10.6 Å². The predicted molar refractivity (Wildman–Crippen MR) is 116 cm³/mol. The Labute approximate surface area is 171 Å². The molecule has 3 aromatic rings. The molecule has 0 amide bonds. The van der Waals surface area contributed by atoms with Crippen molar-refractivity contribution < 1.29 is 4.79 Å². The number of rotatable bonds is 8. The topological polar surface area (TPSA) is 82.7 Å². The van der Waals surface area contributed by atoms with Gasteiger partial charge in [0, 0.05) is 31.3 Å². The number of aromatic nitrogens is 3. The molecule has 0 radical (unpaired) electrons. The van der Waals surface area contributed by atoms with E-state index in [1.807, 2.05) is 30.5 Å². The zero-order chi connectivity index (χ0) is 20.1. The van der Waals surface area contributed by atoms with E-state index in [0.717, 1.165) is 42.0 Å². The summed E-state index contributed by atoms with van der Waals surface area (Å²) >= 11 is 0. The van der Waals surface area contributed by atoms with E-state index in [9.17, 15) is 4.79 Å². The van der Waals surface area contributed by atoms with Crippen LogP contribution in [-0.2, 0) is 11.2 Å². The first kappa shape index (κ1) is 19.6. The van der Waals surface area contributed by atoms with E-state index in [0.29, 0.717) is 18.8 Å². The second kappa shape index (κ2) is 9.18. The van der Waals surface area contributed by atoms with Gasteiger partial charge in [-0.3, -0.25) is 14.9 Å². The maximum Gasteiger partial charge on any atom is 0.157 e. The second-order valence-corrected chi connectivity index (χ2v) is 8.10. The third-order valence-corrected chi connectivity index (χ3v) is 5.80. The van der Waals surface area contributed by atoms with Gasteiger partial charge in [0.1, 0.15) is 5.78 Å². The van der Waals surface area contributed by atoms with Crippen LogP contribution >= 0.6 is 0 Å². The highest BCUT2D eigenvalue weighted by Gasteiger charge is 2.16. The molecule has 0 saturated carbocycles. The lowest BCUT2D eigenvalue weighted by atomic mass is 9.94. The van der Waals surface area contributed by atoms with Gasteiger partial charge in [-0.1, -0.05) is 37.3 Å². The van der Waals surface area contributed by atoms with Crippen LogP contribution in [0.1, 0.15) is 43.4 Å². The SMILES string of the molecule is C[C@@H](CC(=O)Cc1cc2[nH]nc(NCC3CCNCC3)c2cn1)c1ccccc1. The first-order valence-electron chi connectivity index (χ1n) is 10.5. The van der Waals surface area contributed by atoms with E-state index in [4.69, 9.17) is 0 Å². The number of nitrogens with one attached hydrogen (secondary N) is 3. The first-order valence-corrected chi connectivity index (χ1v) is 10.5. The fourth-order valence-electron chi connectivity index (χ4n) is 4.03. The number of hydrogen-bond donors (Lipinski definition) is 3. The Bertz CT molecular complexity index is 946. The van der Waals surface area contributed by atoms with Gasteiger partial charge in [0.2, 0.25) is 0 Å². The molecule has 0 spiro atoms. The van der Waals surface area contributed by atoms with Crippen LogP contribution in [0.15, 0.2) is 42.6 Å². The van der Waals surface area contributed by atoms with Crippen LogP contribution in [0.4, 0.5) is 5.82 Å². The Balaban J connectivity index is 1.35. The summed E-state index contributed by atoms with van der Waals surface area (Å²) in [5.74, 6) is 1.95. The van der Waals surface area contributed by atoms with E-state index in [1.54, 1.807) is 0 Å². The fourth-order valence-corrected chi connectivity index (χ4v) is 4.03. The minimum Gasteiger partial charge on any atom is -0.368 e. The van der Waals surface area contributed by atoms with E-state index in [1.165, 1.54) is 18.4 Å². The van der Waals surface area contributed by atoms with Crippen molar-refractivity contribution in [2.45, 2.75) is 38.5 Å². The number of piperidine rings is 1. The average Bonchev–Trinajstić information content (AvgIpc) is 3.15. The summed E-state index contributed by atoms with van der Waals surface area (Å²) in [6.45, 7) is 5.21. The van der Waals surface area contributed by atoms with Gasteiger partial charge in [0.25, 0.3) is 0 Å². The Hall–Kier alpha value is -2.73. The van der Waals surface area contributed by atoms with Gasteiger partial charge in [-0.15, -0.1) is 0 Å². The molecule has 1 atom stereocenters. The molecule has 152 valence electrons. The highest BCUT2D eigenvalue weighted by Crippen LogP contribution is 2.23. The molecule has 3 heterocycles. The molecular weight excluding hydrogens is 362 g/mol. The zero-order valence-electron chi connectivity index (χ0n) is 16.9. The quantitative estimate of drug-likeness (QED) is 0.546. The number of hydrogen-bond acceptors (Lipinski definition) is 5. The number of fused-ring (bicyclic) bond motifs is 1. The van der Waals surface area contributed by atoms with E-state index in [-0.39, 0.29) is 11.7 Å². The first-order chi connectivity index (χ1) is 14.2. The summed E-state index contributed by atoms with van der Waals surface area (Å²) in [6.07, 6.45) is 5.09. The van der Waals surface area contributed by atoms with Gasteiger partial charge in [-0.05, 0) is 49.4 Å². The fraction of sp³-hybridized carbons (Fsp3) is 0.435. The van der Waals surface area contributed by atoms with Crippen molar-refractivity contribution in [3.8, 4) is 0 Å². The number of benzene rings is 1. The van der Waals surface area contributed by atoms with Crippen LogP contribution in [-0.4, -0.2) is 40.6 Å². The van der Waals surface area contributed by atoms with Crippen molar-refractivity contribution in [2.75, 3.05) is 25.0 Å². The van der Waals surface area contributed by atoms with Gasteiger partial charge in [-0.25, -0.2) is 0 Å². The van der Waals surface area contributed by atoms with Crippen molar-refractivity contribution in [3.63, 3.8) is 0 Å². The predicted octanol–water partition coefficient (Wildman–Crippen LogP) is 3.67. The molecule has 0 aliphatic carbocycles. The Kier molecular flexibility index (Phi) is 6.20. The van der Waals surface area contributed by atoms with Gasteiger partial charge < -0.3 is 10.6 Å². The van der Waals surface area contributed by atoms with Gasteiger partial charge in [0.05, 0.1) is 10.9 Å². The number of ketones is 1. The molecule has 4 rings (SSSR count). The van der Waals surface area contributed by atoms with Crippen LogP contribution in [0.3, 0.4) is 0 Å². The lowest BCUT2D eigenvalue weighted by Gasteiger charge is -2.22. The molecule has 1 aliphatic rings. The number of carbonyl (C=O) groups excluding carboxylic acids is 1. The number of Topliss-reactive ketones (excluding diaryl/α,β-unsaturated/α-hetero) is 1. The standard InChI is InChI=1S/C23H29N5O/c1-16(18-5-3-2-4-6-18)11-20(29)12-19-13-22-21(15-25-19)23(28-27-22)26-14-17-7-9-24-10-8-17/h2-6,13,15-17,24H,7-12,14H2,1H3,(H2,26,27,28)/t16-/m0/s1. The maximum absolute atomic E-state index is 12.5. The van der Waals surface area contributed by atoms with Gasteiger partial charge in [0.15, 0.2) is 5.82 Å². The highest BCUT2D eigenvalue weighted by atomic mass is 16.1. The highest BCUT2D eigenvalue weighted by molar-refractivity contribution is 5.90. The Morgan fingerprint density at radius 1 is 1.24 bits per heavy atom. The molecule has 1 saturated heterocycles. The summed E-state index contributed by atoms with van der Waals surface area (Å²) in [5, 5.41) is 15.3. The molecule has 1 aromatic carbocycles. The third-order valence-electron chi connectivity index (χ3n) is 5.80. The number of carbonyl (C=O) groups is 1. The van der Waals surface area contributed by atoms with E-state index >= 15 is 0 Å². The molecule has 2 aromatic heterocycles. The van der Waals surface area contributed by atoms with Crippen LogP contribution in [0.25, 0.3) is 10.9 Å². The molecule has 6 nitrogen and oxygen atoms in total. The molecule has 1 fully saturated rings. The Morgan fingerprint density at radius 3 is 2.83 bits per heavy atom. The monoisotopic (exact) mass is 391 g/mol. The van der Waals surface area contributed by atoms with Crippen LogP contribution in [0.2, 0.25) is 0 Å². The van der Waals surface area contributed by atoms with Crippen molar-refractivity contribution >= 4 is 22.5 Å². The second-order valence-electron chi connectivity index (χ2n) is 8.10. The maximum atomic E-state index is 12.5. The van der Waals surface area contributed by atoms with Crippen molar-refractivity contribution in [1.82, 2.24) is 20.5 Å². The molecule has 0 unspecified atom stereocenters. The molecule has 0 bridgehead atoms. The van der Waals surface area contributed by atoms with E-state index < -0.39 is 0 Å². The summed E-state index contributed by atoms with van der Waals surface area (Å²) < 4.78 is 0. The van der Waals surface area contributed by atoms with Gasteiger partial charge in [-0.2, -0.15) is 5.10 Å². The number of aromatic amines is 1. The summed E-state index contributed by atoms with van der Waals surface area (Å²) in [7, 11) is 0. The van der Waals surface area contributed by atoms with Crippen molar-refractivity contribution in [2.24, 2.45) is 5.92 Å². The number of H-pyrrole nitrogens is 1. The van der Waals surface area contributed by atoms with Crippen molar-refractivity contribution in [1.29, 1.82) is 0 Å². The lowest BCUT2D eigenvalue weighted by molar-refractivity contribution is -0.118. The third kappa shape index (κ3) is 5.01. The zero-order valence-corrected chi connectivity index (χ0v) is 16.9. The Morgan fingerprint density at radius 2 is 2.03 bits per heavy atom. The molecule has 1 aliphatic heterocycles. The molecule has 6 heteroatoms. The molecular formula is C23H29N5O. The molecule has 3 N–H and O–H groups in total. The minimum atomic E-state index is 0.206. The van der Waals surface area contributed by atoms with Crippen LogP contribution in [0, 0.1) is 5.92 Å². The molecule has 29 heavy (non-hydrogen) atoms. The number of pyridine rings is 1. The number of nitrogens with zero attached hydrogens (tertiary/aromatic N) is 2. The minimum absolute atomic E-state index is 0.206. The number of anilines is 1. The summed E-state index contributed by atoms with van der Waals surface area (Å²) in [4.78, 5) is 17.1. The largest absolute Gasteiger partial charge is 0.368 e. The average molecular weight is 392 g/mol. The lowest BCUT2D eigenvalue weighted by Crippen LogP contribution is -2.31. The van der Waals surface area contributed by atoms with E-state index in [2.05, 4.69) is 44.9 Å². The summed E-state index contributed by atoms with van der Waals surface area (Å²) in [5.41, 5.74) is 2.91. The summed E-state index contributed by atoms with van der Waals surface area (Å²) in [6, 6.07) is 12.1. The van der Waals surface area contributed by atoms with Gasteiger partial charge >= 0.3 is 0 Å².